The first-order valence-electron chi connectivity index (χ1n) is 14.0. The first-order valence-corrected chi connectivity index (χ1v) is 14.4. The molecule has 0 spiro atoms. The van der Waals surface area contributed by atoms with Crippen molar-refractivity contribution in [2.45, 2.75) is 69.6 Å². The Morgan fingerprint density at radius 1 is 1.18 bits per heavy atom. The van der Waals surface area contributed by atoms with Gasteiger partial charge in [0.15, 0.2) is 0 Å². The van der Waals surface area contributed by atoms with Gasteiger partial charge in [-0.1, -0.05) is 55.8 Å². The van der Waals surface area contributed by atoms with E-state index < -0.39 is 12.2 Å². The molecule has 38 heavy (non-hydrogen) atoms. The van der Waals surface area contributed by atoms with Crippen molar-refractivity contribution >= 4 is 23.7 Å². The van der Waals surface area contributed by atoms with Gasteiger partial charge in [0, 0.05) is 37.1 Å². The minimum absolute atomic E-state index is 0.0603. The standard InChI is InChI=1S/C28H45ClN4O5/c1-30-18-25(34)24(16-20-8-4-3-5-9-20)32-27(35)33-14-7-11-22(19-33)26(21-10-6-12-23(29)17-21)38-15-13-31-28(36)37-2/h6,10,12,17,20,22,24-26,30,34H,3-5,7-9,11,13-16,18-19H2,1-2H3,(H,31,36)(H,32,35). The highest BCUT2D eigenvalue weighted by Gasteiger charge is 2.33. The number of nitrogens with one attached hydrogen (secondary N) is 3. The number of ether oxygens (including phenoxy) is 2. The summed E-state index contributed by atoms with van der Waals surface area (Å²) in [6, 6.07) is 7.17. The molecule has 4 N–H and O–H groups in total. The number of likely N-dealkylation sites (tertiary alicyclic amines) is 1. The van der Waals surface area contributed by atoms with Crippen LogP contribution in [0.3, 0.4) is 0 Å². The molecular formula is C28H45ClN4O5. The lowest BCUT2D eigenvalue weighted by Crippen LogP contribution is -2.54. The number of alkyl carbamates (subject to hydrolysis) is 1. The third kappa shape index (κ3) is 9.59. The molecule has 1 saturated carbocycles. The first kappa shape index (κ1) is 30.5. The molecule has 0 radical (unpaired) electrons. The van der Waals surface area contributed by atoms with Crippen molar-refractivity contribution < 1.29 is 24.2 Å². The van der Waals surface area contributed by atoms with Crippen molar-refractivity contribution in [2.75, 3.05) is 46.9 Å². The van der Waals surface area contributed by atoms with Crippen LogP contribution in [0.2, 0.25) is 5.02 Å². The highest BCUT2D eigenvalue weighted by atomic mass is 35.5. The number of hydrogen-bond donors (Lipinski definition) is 4. The Balaban J connectivity index is 1.66. The van der Waals surface area contributed by atoms with Crippen molar-refractivity contribution in [3.8, 4) is 0 Å². The maximum Gasteiger partial charge on any atom is 0.406 e. The normalized spacial score (nSPS) is 20.8. The van der Waals surface area contributed by atoms with Crippen LogP contribution in [0.1, 0.15) is 63.0 Å². The molecule has 1 aliphatic carbocycles. The number of carbonyl (C=O) groups excluding carboxylic acids is 2. The second-order valence-electron chi connectivity index (χ2n) is 10.5. The monoisotopic (exact) mass is 552 g/mol. The van der Waals surface area contributed by atoms with Crippen LogP contribution < -0.4 is 16.0 Å². The zero-order chi connectivity index (χ0) is 27.3. The van der Waals surface area contributed by atoms with Crippen LogP contribution in [0.5, 0.6) is 0 Å². The first-order chi connectivity index (χ1) is 18.4. The van der Waals surface area contributed by atoms with Crippen LogP contribution in [0, 0.1) is 11.8 Å². The Kier molecular flexibility index (Phi) is 12.9. The minimum atomic E-state index is -0.642. The zero-order valence-electron chi connectivity index (χ0n) is 22.8. The number of hydrogen-bond acceptors (Lipinski definition) is 6. The SMILES string of the molecule is CNCC(O)C(CC1CCCCC1)NC(=O)N1CCCC(C(OCCNC(=O)OC)c2cccc(Cl)c2)C1. The maximum absolute atomic E-state index is 13.4. The third-order valence-corrected chi connectivity index (χ3v) is 7.94. The lowest BCUT2D eigenvalue weighted by atomic mass is 9.83. The van der Waals surface area contributed by atoms with Gasteiger partial charge in [-0.2, -0.15) is 0 Å². The van der Waals surface area contributed by atoms with Gasteiger partial charge < -0.3 is 35.4 Å². The van der Waals surface area contributed by atoms with Gasteiger partial charge in [-0.25, -0.2) is 9.59 Å². The van der Waals surface area contributed by atoms with E-state index in [-0.39, 0.29) is 24.1 Å². The van der Waals surface area contributed by atoms with Gasteiger partial charge in [-0.15, -0.1) is 0 Å². The summed E-state index contributed by atoms with van der Waals surface area (Å²) in [6.07, 6.45) is 7.17. The number of aliphatic hydroxyl groups is 1. The number of rotatable bonds is 12. The molecule has 4 atom stereocenters. The van der Waals surface area contributed by atoms with E-state index in [1.807, 2.05) is 36.2 Å². The zero-order valence-corrected chi connectivity index (χ0v) is 23.5. The number of halogens is 1. The molecule has 0 bridgehead atoms. The second kappa shape index (κ2) is 16.1. The van der Waals surface area contributed by atoms with Crippen molar-refractivity contribution in [3.63, 3.8) is 0 Å². The van der Waals surface area contributed by atoms with E-state index in [0.29, 0.717) is 43.7 Å². The van der Waals surface area contributed by atoms with Gasteiger partial charge in [0.05, 0.1) is 32.0 Å². The molecule has 3 rings (SSSR count). The summed E-state index contributed by atoms with van der Waals surface area (Å²) in [7, 11) is 3.14. The van der Waals surface area contributed by atoms with Gasteiger partial charge in [0.25, 0.3) is 0 Å². The van der Waals surface area contributed by atoms with Gasteiger partial charge in [-0.05, 0) is 49.9 Å². The fourth-order valence-corrected chi connectivity index (χ4v) is 5.93. The lowest BCUT2D eigenvalue weighted by Gasteiger charge is -2.38. The number of urea groups is 1. The predicted octanol–water partition coefficient (Wildman–Crippen LogP) is 4.09. The number of nitrogens with zero attached hydrogens (tertiary/aromatic N) is 1. The largest absolute Gasteiger partial charge is 0.453 e. The minimum Gasteiger partial charge on any atom is -0.453 e. The highest BCUT2D eigenvalue weighted by Crippen LogP contribution is 2.34. The fraction of sp³-hybridized carbons (Fsp3) is 0.714. The lowest BCUT2D eigenvalue weighted by molar-refractivity contribution is -0.00905. The summed E-state index contributed by atoms with van der Waals surface area (Å²) in [5.74, 6) is 0.596. The smallest absolute Gasteiger partial charge is 0.406 e. The Labute approximate surface area is 232 Å². The Morgan fingerprint density at radius 2 is 1.97 bits per heavy atom. The molecule has 2 fully saturated rings. The average Bonchev–Trinajstić information content (AvgIpc) is 2.93. The molecule has 1 heterocycles. The summed E-state index contributed by atoms with van der Waals surface area (Å²) >= 11 is 6.29. The molecule has 0 aromatic heterocycles. The van der Waals surface area contributed by atoms with Crippen LogP contribution in [0.25, 0.3) is 0 Å². The van der Waals surface area contributed by atoms with Crippen LogP contribution in [-0.2, 0) is 9.47 Å². The van der Waals surface area contributed by atoms with Crippen LogP contribution in [0.15, 0.2) is 24.3 Å². The molecule has 2 aliphatic rings. The van der Waals surface area contributed by atoms with Gasteiger partial charge in [0.1, 0.15) is 0 Å². The molecule has 4 unspecified atom stereocenters. The van der Waals surface area contributed by atoms with Crippen molar-refractivity contribution in [1.82, 2.24) is 20.9 Å². The quantitative estimate of drug-likeness (QED) is 0.291. The number of amides is 3. The molecule has 1 aliphatic heterocycles. The summed E-state index contributed by atoms with van der Waals surface area (Å²) in [4.78, 5) is 26.7. The van der Waals surface area contributed by atoms with E-state index in [1.165, 1.54) is 26.4 Å². The van der Waals surface area contributed by atoms with Gasteiger partial charge in [-0.3, -0.25) is 0 Å². The third-order valence-electron chi connectivity index (χ3n) is 7.70. The van der Waals surface area contributed by atoms with E-state index in [9.17, 15) is 14.7 Å². The number of piperidine rings is 1. The number of methoxy groups -OCH3 is 1. The molecular weight excluding hydrogens is 508 g/mol. The number of benzene rings is 1. The van der Waals surface area contributed by atoms with E-state index >= 15 is 0 Å². The molecule has 9 nitrogen and oxygen atoms in total. The molecule has 1 aromatic carbocycles. The molecule has 3 amide bonds. The van der Waals surface area contributed by atoms with Gasteiger partial charge >= 0.3 is 12.1 Å². The Morgan fingerprint density at radius 3 is 2.68 bits per heavy atom. The summed E-state index contributed by atoms with van der Waals surface area (Å²) in [5.41, 5.74) is 0.947. The number of carbonyl (C=O) groups is 2. The second-order valence-corrected chi connectivity index (χ2v) is 11.0. The molecule has 1 saturated heterocycles. The molecule has 1 aromatic rings. The molecule has 10 heteroatoms. The average molecular weight is 553 g/mol. The van der Waals surface area contributed by atoms with E-state index in [2.05, 4.69) is 20.7 Å². The van der Waals surface area contributed by atoms with E-state index in [0.717, 1.165) is 37.7 Å². The van der Waals surface area contributed by atoms with Crippen molar-refractivity contribution in [2.24, 2.45) is 11.8 Å². The Hall–Kier alpha value is -2.07. The highest BCUT2D eigenvalue weighted by molar-refractivity contribution is 6.30. The van der Waals surface area contributed by atoms with Crippen molar-refractivity contribution in [1.29, 1.82) is 0 Å². The Bertz CT molecular complexity index is 869. The van der Waals surface area contributed by atoms with Crippen LogP contribution in [-0.4, -0.2) is 81.2 Å². The van der Waals surface area contributed by atoms with Gasteiger partial charge in [0.2, 0.25) is 0 Å². The summed E-state index contributed by atoms with van der Waals surface area (Å²) < 4.78 is 10.9. The van der Waals surface area contributed by atoms with E-state index in [1.54, 1.807) is 0 Å². The predicted molar refractivity (Wildman–Crippen MR) is 148 cm³/mol. The van der Waals surface area contributed by atoms with Crippen LogP contribution in [0.4, 0.5) is 9.59 Å². The number of aliphatic hydroxyl groups excluding tert-OH is 1. The summed E-state index contributed by atoms with van der Waals surface area (Å²) in [5, 5.41) is 20.3. The number of likely N-dealkylation sites (N-methyl/N-ethyl adjacent to an activating group) is 1. The van der Waals surface area contributed by atoms with Crippen LogP contribution >= 0.6 is 11.6 Å². The fourth-order valence-electron chi connectivity index (χ4n) is 5.74. The topological polar surface area (TPSA) is 112 Å². The maximum atomic E-state index is 13.4. The summed E-state index contributed by atoms with van der Waals surface area (Å²) in [6.45, 7) is 2.24. The van der Waals surface area contributed by atoms with E-state index in [4.69, 9.17) is 16.3 Å². The molecule has 214 valence electrons. The van der Waals surface area contributed by atoms with Crippen molar-refractivity contribution in [3.05, 3.63) is 34.9 Å².